The largest absolute Gasteiger partial charge is 0.497 e. The summed E-state index contributed by atoms with van der Waals surface area (Å²) in [6.45, 7) is 1.47. The molecule has 0 radical (unpaired) electrons. The summed E-state index contributed by atoms with van der Waals surface area (Å²) in [6, 6.07) is 4.95. The van der Waals surface area contributed by atoms with E-state index in [1.807, 2.05) is 0 Å². The van der Waals surface area contributed by atoms with Gasteiger partial charge in [-0.3, -0.25) is 0 Å². The fraction of sp³-hybridized carbons (Fsp3) is 0.571. The van der Waals surface area contributed by atoms with E-state index in [0.717, 1.165) is 25.3 Å². The van der Waals surface area contributed by atoms with E-state index in [0.29, 0.717) is 17.9 Å². The zero-order valence-electron chi connectivity index (χ0n) is 10.8. The Balaban J connectivity index is 2.19. The first kappa shape index (κ1) is 15.3. The van der Waals surface area contributed by atoms with Crippen LogP contribution in [0.2, 0.25) is 0 Å². The van der Waals surface area contributed by atoms with Gasteiger partial charge in [0.25, 0.3) is 0 Å². The van der Waals surface area contributed by atoms with Crippen molar-refractivity contribution >= 4 is 11.6 Å². The Hall–Kier alpha value is -0.800. The predicted octanol–water partition coefficient (Wildman–Crippen LogP) is 3.72. The number of alkyl halides is 1. The number of nitrogens with one attached hydrogen (secondary N) is 1. The minimum Gasteiger partial charge on any atom is -0.497 e. The molecule has 18 heavy (non-hydrogen) atoms. The van der Waals surface area contributed by atoms with Crippen molar-refractivity contribution in [2.24, 2.45) is 0 Å². The van der Waals surface area contributed by atoms with Gasteiger partial charge in [-0.1, -0.05) is 18.9 Å². The first-order valence-corrected chi connectivity index (χ1v) is 6.90. The molecular weight excluding hydrogens is 253 g/mol. The van der Waals surface area contributed by atoms with Gasteiger partial charge in [0.2, 0.25) is 0 Å². The lowest BCUT2D eigenvalue weighted by Crippen LogP contribution is -2.15. The van der Waals surface area contributed by atoms with E-state index in [2.05, 4.69) is 5.32 Å². The highest BCUT2D eigenvalue weighted by atomic mass is 35.5. The minimum atomic E-state index is -0.219. The second kappa shape index (κ2) is 9.17. The van der Waals surface area contributed by atoms with E-state index in [-0.39, 0.29) is 5.82 Å². The van der Waals surface area contributed by atoms with Gasteiger partial charge < -0.3 is 10.1 Å². The number of halogens is 2. The molecule has 0 bridgehead atoms. The van der Waals surface area contributed by atoms with Crippen LogP contribution in [0.5, 0.6) is 5.75 Å². The third-order valence-electron chi connectivity index (χ3n) is 2.81. The van der Waals surface area contributed by atoms with Crippen molar-refractivity contribution in [1.82, 2.24) is 5.32 Å². The van der Waals surface area contributed by atoms with Crippen molar-refractivity contribution in [3.8, 4) is 5.75 Å². The van der Waals surface area contributed by atoms with Gasteiger partial charge in [0, 0.05) is 24.1 Å². The highest BCUT2D eigenvalue weighted by Gasteiger charge is 2.03. The summed E-state index contributed by atoms with van der Waals surface area (Å²) >= 11 is 5.60. The van der Waals surface area contributed by atoms with Gasteiger partial charge >= 0.3 is 0 Å². The summed E-state index contributed by atoms with van der Waals surface area (Å²) in [4.78, 5) is 0. The molecule has 4 heteroatoms. The number of ether oxygens (including phenoxy) is 1. The van der Waals surface area contributed by atoms with E-state index in [1.54, 1.807) is 12.1 Å². The van der Waals surface area contributed by atoms with Crippen LogP contribution in [0.25, 0.3) is 0 Å². The molecule has 1 N–H and O–H groups in total. The van der Waals surface area contributed by atoms with Crippen LogP contribution in [0, 0.1) is 5.82 Å². The molecule has 1 aromatic carbocycles. The van der Waals surface area contributed by atoms with Crippen LogP contribution in [0.3, 0.4) is 0 Å². The molecule has 1 rings (SSSR count). The van der Waals surface area contributed by atoms with Crippen LogP contribution in [0.4, 0.5) is 4.39 Å². The number of hydrogen-bond donors (Lipinski definition) is 1. The Morgan fingerprint density at radius 3 is 2.67 bits per heavy atom. The Morgan fingerprint density at radius 1 is 1.22 bits per heavy atom. The zero-order chi connectivity index (χ0) is 13.2. The predicted molar refractivity (Wildman–Crippen MR) is 73.8 cm³/mol. The van der Waals surface area contributed by atoms with Crippen LogP contribution in [-0.4, -0.2) is 19.5 Å². The lowest BCUT2D eigenvalue weighted by atomic mass is 10.2. The number of unbranched alkanes of at least 4 members (excludes halogenated alkanes) is 3. The smallest absolute Gasteiger partial charge is 0.131 e. The summed E-state index contributed by atoms with van der Waals surface area (Å²) in [5.74, 6) is 1.08. The molecule has 0 atom stereocenters. The van der Waals surface area contributed by atoms with E-state index in [4.69, 9.17) is 16.3 Å². The average Bonchev–Trinajstić information content (AvgIpc) is 2.39. The maximum absolute atomic E-state index is 13.6. The van der Waals surface area contributed by atoms with Gasteiger partial charge in [0.15, 0.2) is 0 Å². The van der Waals surface area contributed by atoms with Gasteiger partial charge in [0.1, 0.15) is 11.6 Å². The van der Waals surface area contributed by atoms with Crippen molar-refractivity contribution in [2.75, 3.05) is 19.5 Å². The second-order valence-electron chi connectivity index (χ2n) is 4.24. The highest BCUT2D eigenvalue weighted by molar-refractivity contribution is 6.17. The topological polar surface area (TPSA) is 21.3 Å². The molecule has 0 aliphatic heterocycles. The van der Waals surface area contributed by atoms with E-state index < -0.39 is 0 Å². The molecule has 0 aromatic heterocycles. The SMILES string of the molecule is COc1ccc(CNCCCCCCCl)c(F)c1. The molecule has 0 aliphatic rings. The lowest BCUT2D eigenvalue weighted by Gasteiger charge is -2.07. The third-order valence-corrected chi connectivity index (χ3v) is 3.08. The molecule has 0 fully saturated rings. The number of methoxy groups -OCH3 is 1. The molecule has 0 heterocycles. The van der Waals surface area contributed by atoms with Crippen LogP contribution in [0.15, 0.2) is 18.2 Å². The maximum Gasteiger partial charge on any atom is 0.131 e. The number of hydrogen-bond acceptors (Lipinski definition) is 2. The standard InChI is InChI=1S/C14H21ClFNO/c1-18-13-7-6-12(14(16)10-13)11-17-9-5-3-2-4-8-15/h6-7,10,17H,2-5,8-9,11H2,1H3. The number of rotatable bonds is 9. The van der Waals surface area contributed by atoms with Gasteiger partial charge in [-0.25, -0.2) is 4.39 Å². The van der Waals surface area contributed by atoms with E-state index >= 15 is 0 Å². The monoisotopic (exact) mass is 273 g/mol. The van der Waals surface area contributed by atoms with Gasteiger partial charge in [-0.05, 0) is 25.5 Å². The molecule has 0 saturated heterocycles. The molecule has 0 amide bonds. The van der Waals surface area contributed by atoms with Crippen LogP contribution >= 0.6 is 11.6 Å². The Bertz CT molecular complexity index is 347. The molecule has 0 saturated carbocycles. The average molecular weight is 274 g/mol. The van der Waals surface area contributed by atoms with Crippen molar-refractivity contribution in [2.45, 2.75) is 32.2 Å². The zero-order valence-corrected chi connectivity index (χ0v) is 11.6. The van der Waals surface area contributed by atoms with E-state index in [1.165, 1.54) is 26.0 Å². The molecular formula is C14H21ClFNO. The summed E-state index contributed by atoms with van der Waals surface area (Å²) in [6.07, 6.45) is 4.52. The van der Waals surface area contributed by atoms with E-state index in [9.17, 15) is 4.39 Å². The first-order chi connectivity index (χ1) is 8.77. The first-order valence-electron chi connectivity index (χ1n) is 6.37. The van der Waals surface area contributed by atoms with Crippen molar-refractivity contribution in [3.05, 3.63) is 29.6 Å². The highest BCUT2D eigenvalue weighted by Crippen LogP contribution is 2.15. The molecule has 0 unspecified atom stereocenters. The van der Waals surface area contributed by atoms with Crippen LogP contribution < -0.4 is 10.1 Å². The molecule has 102 valence electrons. The fourth-order valence-corrected chi connectivity index (χ4v) is 1.91. The van der Waals surface area contributed by atoms with Crippen molar-refractivity contribution < 1.29 is 9.13 Å². The Morgan fingerprint density at radius 2 is 2.00 bits per heavy atom. The molecule has 0 aliphatic carbocycles. The Kier molecular flexibility index (Phi) is 7.78. The maximum atomic E-state index is 13.6. The van der Waals surface area contributed by atoms with Gasteiger partial charge in [0.05, 0.1) is 7.11 Å². The number of benzene rings is 1. The van der Waals surface area contributed by atoms with Crippen LogP contribution in [-0.2, 0) is 6.54 Å². The quantitative estimate of drug-likeness (QED) is 0.547. The second-order valence-corrected chi connectivity index (χ2v) is 4.62. The Labute approximate surface area is 113 Å². The molecule has 2 nitrogen and oxygen atoms in total. The summed E-state index contributed by atoms with van der Waals surface area (Å²) in [5.41, 5.74) is 0.677. The normalized spacial score (nSPS) is 10.6. The summed E-state index contributed by atoms with van der Waals surface area (Å²) in [7, 11) is 1.54. The molecule has 1 aromatic rings. The van der Waals surface area contributed by atoms with Crippen LogP contribution in [0.1, 0.15) is 31.2 Å². The van der Waals surface area contributed by atoms with Gasteiger partial charge in [-0.15, -0.1) is 11.6 Å². The lowest BCUT2D eigenvalue weighted by molar-refractivity contribution is 0.410. The minimum absolute atomic E-state index is 0.219. The third kappa shape index (κ3) is 5.69. The summed E-state index contributed by atoms with van der Waals surface area (Å²) < 4.78 is 18.5. The van der Waals surface area contributed by atoms with Crippen molar-refractivity contribution in [1.29, 1.82) is 0 Å². The molecule has 0 spiro atoms. The van der Waals surface area contributed by atoms with Crippen molar-refractivity contribution in [3.63, 3.8) is 0 Å². The summed E-state index contributed by atoms with van der Waals surface area (Å²) in [5, 5.41) is 3.24. The fourth-order valence-electron chi connectivity index (χ4n) is 1.72. The van der Waals surface area contributed by atoms with Gasteiger partial charge in [-0.2, -0.15) is 0 Å².